The molecule has 4 rings (SSSR count). The second kappa shape index (κ2) is 10.3. The molecule has 10 nitrogen and oxygen atoms in total. The van der Waals surface area contributed by atoms with Gasteiger partial charge in [-0.05, 0) is 35.9 Å². The number of hydrogen-bond donors (Lipinski definition) is 1. The Morgan fingerprint density at radius 2 is 1.83 bits per heavy atom. The van der Waals surface area contributed by atoms with Crippen molar-refractivity contribution >= 4 is 49.9 Å². The Hall–Kier alpha value is -3.64. The van der Waals surface area contributed by atoms with Crippen molar-refractivity contribution in [3.05, 3.63) is 59.7 Å². The molecule has 0 unspecified atom stereocenters. The van der Waals surface area contributed by atoms with Crippen molar-refractivity contribution in [3.8, 4) is 17.2 Å². The predicted molar refractivity (Wildman–Crippen MR) is 135 cm³/mol. The van der Waals surface area contributed by atoms with Crippen LogP contribution in [0.1, 0.15) is 12.5 Å². The van der Waals surface area contributed by atoms with E-state index >= 15 is 0 Å². The lowest BCUT2D eigenvalue weighted by atomic mass is 10.1. The minimum atomic E-state index is -3.71. The summed E-state index contributed by atoms with van der Waals surface area (Å²) >= 11 is 0.757. The van der Waals surface area contributed by atoms with Gasteiger partial charge in [-0.3, -0.25) is 10.2 Å². The van der Waals surface area contributed by atoms with E-state index in [-0.39, 0.29) is 34.1 Å². The van der Waals surface area contributed by atoms with Gasteiger partial charge in [-0.25, -0.2) is 13.3 Å². The second-order valence-electron chi connectivity index (χ2n) is 7.23. The number of rotatable bonds is 8. The van der Waals surface area contributed by atoms with Crippen LogP contribution in [0.3, 0.4) is 0 Å². The van der Waals surface area contributed by atoms with E-state index in [2.05, 4.69) is 9.39 Å². The third-order valence-electron chi connectivity index (χ3n) is 5.00. The van der Waals surface area contributed by atoms with Crippen molar-refractivity contribution in [2.24, 2.45) is 9.39 Å². The molecule has 2 aliphatic rings. The van der Waals surface area contributed by atoms with Crippen LogP contribution >= 0.6 is 11.9 Å². The quantitative estimate of drug-likeness (QED) is 0.323. The molecule has 0 aromatic heterocycles. The minimum absolute atomic E-state index is 0.0447. The van der Waals surface area contributed by atoms with Crippen molar-refractivity contribution in [3.63, 3.8) is 0 Å². The van der Waals surface area contributed by atoms with Crippen LogP contribution in [0.2, 0.25) is 0 Å². The van der Waals surface area contributed by atoms with E-state index in [0.717, 1.165) is 22.6 Å². The lowest BCUT2D eigenvalue weighted by Gasteiger charge is -2.24. The van der Waals surface area contributed by atoms with Gasteiger partial charge in [0.15, 0.2) is 11.5 Å². The molecular weight excluding hydrogens is 492 g/mol. The van der Waals surface area contributed by atoms with Crippen molar-refractivity contribution < 1.29 is 27.4 Å². The first-order chi connectivity index (χ1) is 16.8. The SMILES string of the molecule is CCS(=O)(=O)C1=NSC2=NC(=O)/C(=C\c3ccc(OCCOc4ccccc4)c(OC)c3)C(=N)N21. The highest BCUT2D eigenvalue weighted by Gasteiger charge is 2.42. The molecular formula is C23H22N4O6S2. The second-order valence-corrected chi connectivity index (χ2v) is 10.1. The van der Waals surface area contributed by atoms with Crippen molar-refractivity contribution in [1.82, 2.24) is 4.90 Å². The number of methoxy groups -OCH3 is 1. The highest BCUT2D eigenvalue weighted by Crippen LogP contribution is 2.32. The van der Waals surface area contributed by atoms with Crippen LogP contribution in [-0.2, 0) is 14.6 Å². The maximum atomic E-state index is 12.6. The fourth-order valence-corrected chi connectivity index (χ4v) is 5.18. The molecule has 182 valence electrons. The summed E-state index contributed by atoms with van der Waals surface area (Å²) in [5.41, 5.74) is 0.479. The standard InChI is InChI=1S/C23H22N4O6S2/c1-3-35(29,30)23-26-34-22-25-21(28)17(20(24)27(22)23)13-15-9-10-18(19(14-15)31-2)33-12-11-32-16-7-5-4-6-8-16/h4-10,13-14,24H,3,11-12H2,1-2H3/b17-13-,24-20?. The number of amides is 1. The number of benzene rings is 2. The Kier molecular flexibility index (Phi) is 7.22. The third-order valence-corrected chi connectivity index (χ3v) is 7.41. The number of amidine groups is 3. The molecule has 12 heteroatoms. The normalized spacial score (nSPS) is 16.6. The van der Waals surface area contributed by atoms with E-state index in [1.165, 1.54) is 20.1 Å². The molecule has 0 atom stereocenters. The van der Waals surface area contributed by atoms with Gasteiger partial charge in [-0.15, -0.1) is 0 Å². The fourth-order valence-electron chi connectivity index (χ4n) is 3.22. The summed E-state index contributed by atoms with van der Waals surface area (Å²) in [6, 6.07) is 14.4. The van der Waals surface area contributed by atoms with Gasteiger partial charge in [0.2, 0.25) is 20.2 Å². The molecule has 0 fully saturated rings. The number of aliphatic imine (C=N–C) groups is 1. The zero-order valence-corrected chi connectivity index (χ0v) is 20.6. The van der Waals surface area contributed by atoms with E-state index in [1.807, 2.05) is 30.3 Å². The van der Waals surface area contributed by atoms with Crippen LogP contribution in [0.25, 0.3) is 6.08 Å². The van der Waals surface area contributed by atoms with Crippen LogP contribution in [0.15, 0.2) is 63.5 Å². The minimum Gasteiger partial charge on any atom is -0.493 e. The van der Waals surface area contributed by atoms with E-state index < -0.39 is 15.7 Å². The van der Waals surface area contributed by atoms with Crippen LogP contribution in [0.5, 0.6) is 17.2 Å². The third kappa shape index (κ3) is 5.23. The van der Waals surface area contributed by atoms with Gasteiger partial charge in [0.25, 0.3) is 5.91 Å². The maximum Gasteiger partial charge on any atom is 0.283 e. The maximum absolute atomic E-state index is 12.6. The molecule has 2 aromatic carbocycles. The van der Waals surface area contributed by atoms with Gasteiger partial charge in [0.05, 0.1) is 30.4 Å². The van der Waals surface area contributed by atoms with Gasteiger partial charge in [0.1, 0.15) is 24.8 Å². The summed E-state index contributed by atoms with van der Waals surface area (Å²) in [7, 11) is -2.22. The van der Waals surface area contributed by atoms with Gasteiger partial charge in [0, 0.05) is 0 Å². The van der Waals surface area contributed by atoms with Crippen molar-refractivity contribution in [2.75, 3.05) is 26.1 Å². The summed E-state index contributed by atoms with van der Waals surface area (Å²) in [6.45, 7) is 2.10. The first kappa shape index (κ1) is 24.5. The molecule has 1 N–H and O–H groups in total. The molecule has 0 bridgehead atoms. The topological polar surface area (TPSA) is 131 Å². The first-order valence-corrected chi connectivity index (χ1v) is 13.0. The van der Waals surface area contributed by atoms with Crippen LogP contribution in [-0.4, -0.2) is 61.5 Å². The molecule has 1 amide bonds. The zero-order chi connectivity index (χ0) is 25.0. The van der Waals surface area contributed by atoms with E-state index in [4.69, 9.17) is 19.6 Å². The highest BCUT2D eigenvalue weighted by molar-refractivity contribution is 8.16. The van der Waals surface area contributed by atoms with Crippen molar-refractivity contribution in [2.45, 2.75) is 6.92 Å². The summed E-state index contributed by atoms with van der Waals surface area (Å²) in [6.07, 6.45) is 1.45. The van der Waals surface area contributed by atoms with Gasteiger partial charge < -0.3 is 14.2 Å². The van der Waals surface area contributed by atoms with Gasteiger partial charge in [-0.1, -0.05) is 31.2 Å². The zero-order valence-electron chi connectivity index (χ0n) is 18.9. The average Bonchev–Trinajstić information content (AvgIpc) is 3.30. The summed E-state index contributed by atoms with van der Waals surface area (Å²) < 4.78 is 45.5. The average molecular weight is 515 g/mol. The van der Waals surface area contributed by atoms with Gasteiger partial charge in [-0.2, -0.15) is 9.39 Å². The summed E-state index contributed by atoms with van der Waals surface area (Å²) in [4.78, 5) is 17.6. The van der Waals surface area contributed by atoms with E-state index in [1.54, 1.807) is 18.2 Å². The molecule has 2 aliphatic heterocycles. The molecule has 0 spiro atoms. The van der Waals surface area contributed by atoms with Crippen LogP contribution in [0, 0.1) is 5.41 Å². The Morgan fingerprint density at radius 3 is 2.54 bits per heavy atom. The van der Waals surface area contributed by atoms with E-state index in [0.29, 0.717) is 23.7 Å². The fraction of sp³-hybridized carbons (Fsp3) is 0.217. The lowest BCUT2D eigenvalue weighted by Crippen LogP contribution is -2.45. The molecule has 2 heterocycles. The van der Waals surface area contributed by atoms with Crippen LogP contribution in [0.4, 0.5) is 0 Å². The summed E-state index contributed by atoms with van der Waals surface area (Å²) in [5, 5.41) is 8.24. The Balaban J connectivity index is 1.50. The largest absolute Gasteiger partial charge is 0.493 e. The molecule has 2 aromatic rings. The van der Waals surface area contributed by atoms with Crippen molar-refractivity contribution in [1.29, 1.82) is 5.41 Å². The number of nitrogens with one attached hydrogen (secondary N) is 1. The van der Waals surface area contributed by atoms with E-state index in [9.17, 15) is 13.2 Å². The predicted octanol–water partition coefficient (Wildman–Crippen LogP) is 3.16. The van der Waals surface area contributed by atoms with Gasteiger partial charge >= 0.3 is 0 Å². The monoisotopic (exact) mass is 514 g/mol. The smallest absolute Gasteiger partial charge is 0.283 e. The molecule has 35 heavy (non-hydrogen) atoms. The molecule has 0 radical (unpaired) electrons. The Labute approximate surface area is 206 Å². The number of hydrogen-bond acceptors (Lipinski definition) is 9. The number of ether oxygens (including phenoxy) is 3. The number of sulfone groups is 1. The Bertz CT molecular complexity index is 1350. The Morgan fingerprint density at radius 1 is 1.09 bits per heavy atom. The molecule has 0 aliphatic carbocycles. The van der Waals surface area contributed by atoms with Crippen LogP contribution < -0.4 is 14.2 Å². The number of fused-ring (bicyclic) bond motifs is 1. The number of nitrogens with zero attached hydrogens (tertiary/aromatic N) is 3. The lowest BCUT2D eigenvalue weighted by molar-refractivity contribution is -0.114. The molecule has 0 saturated carbocycles. The number of carbonyl (C=O) groups excluding carboxylic acids is 1. The number of para-hydroxylation sites is 1. The number of carbonyl (C=O) groups is 1. The highest BCUT2D eigenvalue weighted by atomic mass is 32.2. The molecule has 0 saturated heterocycles. The first-order valence-electron chi connectivity index (χ1n) is 10.5. The summed E-state index contributed by atoms with van der Waals surface area (Å²) in [5.74, 6) is 0.494.